The lowest BCUT2D eigenvalue weighted by Gasteiger charge is -2.30. The Bertz CT molecular complexity index is 313. The zero-order valence-corrected chi connectivity index (χ0v) is 10.8. The molecule has 5 heteroatoms. The largest absolute Gasteiger partial charge is 0.315 e. The summed E-state index contributed by atoms with van der Waals surface area (Å²) in [5.41, 5.74) is 0. The fourth-order valence-corrected chi connectivity index (χ4v) is 4.10. The summed E-state index contributed by atoms with van der Waals surface area (Å²) in [6, 6.07) is 0.527. The van der Waals surface area contributed by atoms with Crippen molar-refractivity contribution >= 4 is 23.1 Å². The molecular weight excluding hydrogens is 226 g/mol. The van der Waals surface area contributed by atoms with Crippen LogP contribution in [-0.4, -0.2) is 42.0 Å². The molecule has 3 nitrogen and oxygen atoms in total. The Morgan fingerprint density at radius 1 is 1.67 bits per heavy atom. The van der Waals surface area contributed by atoms with Crippen LogP contribution in [0.5, 0.6) is 0 Å². The third-order valence-corrected chi connectivity index (χ3v) is 4.72. The van der Waals surface area contributed by atoms with Crippen LogP contribution in [-0.2, 0) is 6.54 Å². The molecule has 15 heavy (non-hydrogen) atoms. The fraction of sp³-hybridized carbons (Fsp3) is 0.700. The number of thiazole rings is 1. The molecule has 0 spiro atoms. The van der Waals surface area contributed by atoms with Gasteiger partial charge in [-0.15, -0.1) is 11.3 Å². The molecule has 0 amide bonds. The maximum absolute atomic E-state index is 4.53. The lowest BCUT2D eigenvalue weighted by molar-refractivity contribution is 0.274. The highest BCUT2D eigenvalue weighted by atomic mass is 32.2. The van der Waals surface area contributed by atoms with Gasteiger partial charge in [0, 0.05) is 35.7 Å². The molecule has 2 rings (SSSR count). The van der Waals surface area contributed by atoms with Crippen molar-refractivity contribution in [2.24, 2.45) is 0 Å². The van der Waals surface area contributed by atoms with Gasteiger partial charge in [-0.2, -0.15) is 11.8 Å². The molecule has 0 aromatic carbocycles. The van der Waals surface area contributed by atoms with Crippen molar-refractivity contribution in [3.05, 3.63) is 16.1 Å². The molecule has 1 aromatic heterocycles. The second kappa shape index (κ2) is 5.30. The van der Waals surface area contributed by atoms with Crippen LogP contribution in [0.15, 0.2) is 6.20 Å². The Morgan fingerprint density at radius 2 is 2.53 bits per heavy atom. The number of nitrogens with one attached hydrogen (secondary N) is 1. The topological polar surface area (TPSA) is 28.2 Å². The van der Waals surface area contributed by atoms with E-state index in [-0.39, 0.29) is 0 Å². The number of hydrogen-bond donors (Lipinski definition) is 1. The monoisotopic (exact) mass is 243 g/mol. The SMILES string of the molecule is CNCc1cnc(C2CSCCN2C)s1. The molecular formula is C10H17N3S2. The Kier molecular flexibility index (Phi) is 4.02. The summed E-state index contributed by atoms with van der Waals surface area (Å²) in [6.45, 7) is 2.11. The minimum absolute atomic E-state index is 0.527. The van der Waals surface area contributed by atoms with Gasteiger partial charge in [0.05, 0.1) is 6.04 Å². The van der Waals surface area contributed by atoms with Crippen molar-refractivity contribution in [1.82, 2.24) is 15.2 Å². The van der Waals surface area contributed by atoms with Gasteiger partial charge in [0.15, 0.2) is 0 Å². The van der Waals surface area contributed by atoms with Crippen LogP contribution in [0.25, 0.3) is 0 Å². The van der Waals surface area contributed by atoms with E-state index in [0.29, 0.717) is 6.04 Å². The average Bonchev–Trinajstić information content (AvgIpc) is 2.68. The van der Waals surface area contributed by atoms with E-state index in [0.717, 1.165) is 6.54 Å². The highest BCUT2D eigenvalue weighted by Gasteiger charge is 2.23. The second-order valence-electron chi connectivity index (χ2n) is 3.77. The van der Waals surface area contributed by atoms with Crippen LogP contribution in [0.2, 0.25) is 0 Å². The molecule has 1 aliphatic rings. The summed E-state index contributed by atoms with van der Waals surface area (Å²) in [5.74, 6) is 2.44. The Hall–Kier alpha value is -0.100. The standard InChI is InChI=1S/C10H17N3S2/c1-11-5-8-6-12-10(15-8)9-7-14-4-3-13(9)2/h6,9,11H,3-5,7H2,1-2H3. The van der Waals surface area contributed by atoms with Gasteiger partial charge in [-0.25, -0.2) is 4.98 Å². The van der Waals surface area contributed by atoms with Gasteiger partial charge >= 0.3 is 0 Å². The molecule has 84 valence electrons. The highest BCUT2D eigenvalue weighted by Crippen LogP contribution is 2.30. The molecule has 1 aromatic rings. The lowest BCUT2D eigenvalue weighted by atomic mass is 10.3. The maximum Gasteiger partial charge on any atom is 0.111 e. The zero-order chi connectivity index (χ0) is 10.7. The van der Waals surface area contributed by atoms with Gasteiger partial charge in [-0.05, 0) is 14.1 Å². The lowest BCUT2D eigenvalue weighted by Crippen LogP contribution is -2.32. The summed E-state index contributed by atoms with van der Waals surface area (Å²) in [7, 11) is 4.17. The van der Waals surface area contributed by atoms with E-state index in [1.165, 1.54) is 27.9 Å². The van der Waals surface area contributed by atoms with Crippen LogP contribution in [0.1, 0.15) is 15.9 Å². The van der Waals surface area contributed by atoms with Gasteiger partial charge in [0.2, 0.25) is 0 Å². The number of thioether (sulfide) groups is 1. The molecule has 0 radical (unpaired) electrons. The molecule has 1 aliphatic heterocycles. The molecule has 0 saturated carbocycles. The molecule has 1 fully saturated rings. The van der Waals surface area contributed by atoms with E-state index in [9.17, 15) is 0 Å². The number of aromatic nitrogens is 1. The van der Waals surface area contributed by atoms with Crippen molar-refractivity contribution in [3.8, 4) is 0 Å². The molecule has 0 bridgehead atoms. The molecule has 1 saturated heterocycles. The van der Waals surface area contributed by atoms with E-state index < -0.39 is 0 Å². The van der Waals surface area contributed by atoms with E-state index in [1.54, 1.807) is 0 Å². The first-order valence-electron chi connectivity index (χ1n) is 5.18. The number of hydrogen-bond acceptors (Lipinski definition) is 5. The fourth-order valence-electron chi connectivity index (χ4n) is 1.68. The summed E-state index contributed by atoms with van der Waals surface area (Å²) >= 11 is 3.87. The summed E-state index contributed by atoms with van der Waals surface area (Å²) in [4.78, 5) is 8.28. The van der Waals surface area contributed by atoms with Gasteiger partial charge < -0.3 is 5.32 Å². The van der Waals surface area contributed by atoms with Crippen LogP contribution >= 0.6 is 23.1 Å². The zero-order valence-electron chi connectivity index (χ0n) is 9.19. The molecule has 2 heterocycles. The predicted octanol–water partition coefficient (Wildman–Crippen LogP) is 1.58. The second-order valence-corrected chi connectivity index (χ2v) is 6.06. The van der Waals surface area contributed by atoms with Crippen LogP contribution in [0.3, 0.4) is 0 Å². The third-order valence-electron chi connectivity index (χ3n) is 2.60. The van der Waals surface area contributed by atoms with Gasteiger partial charge in [-0.3, -0.25) is 4.90 Å². The minimum atomic E-state index is 0.527. The summed E-state index contributed by atoms with van der Waals surface area (Å²) in [5, 5.41) is 4.44. The first-order chi connectivity index (χ1) is 7.31. The van der Waals surface area contributed by atoms with Crippen molar-refractivity contribution in [3.63, 3.8) is 0 Å². The van der Waals surface area contributed by atoms with Gasteiger partial charge in [-0.1, -0.05) is 0 Å². The minimum Gasteiger partial charge on any atom is -0.315 e. The molecule has 1 N–H and O–H groups in total. The maximum atomic E-state index is 4.53. The van der Waals surface area contributed by atoms with E-state index in [4.69, 9.17) is 0 Å². The van der Waals surface area contributed by atoms with Crippen LogP contribution in [0.4, 0.5) is 0 Å². The highest BCUT2D eigenvalue weighted by molar-refractivity contribution is 7.99. The van der Waals surface area contributed by atoms with E-state index in [1.807, 2.05) is 36.3 Å². The Balaban J connectivity index is 2.06. The predicted molar refractivity (Wildman–Crippen MR) is 67.6 cm³/mol. The van der Waals surface area contributed by atoms with Crippen molar-refractivity contribution < 1.29 is 0 Å². The molecule has 0 aliphatic carbocycles. The first-order valence-corrected chi connectivity index (χ1v) is 7.15. The Morgan fingerprint density at radius 3 is 3.27 bits per heavy atom. The average molecular weight is 243 g/mol. The smallest absolute Gasteiger partial charge is 0.111 e. The summed E-state index contributed by atoms with van der Waals surface area (Å²) in [6.07, 6.45) is 2.00. The van der Waals surface area contributed by atoms with Crippen LogP contribution < -0.4 is 5.32 Å². The van der Waals surface area contributed by atoms with Crippen molar-refractivity contribution in [2.75, 3.05) is 32.1 Å². The Labute approximate surface area is 99.3 Å². The third kappa shape index (κ3) is 2.72. The normalized spacial score (nSPS) is 23.2. The molecule has 1 unspecified atom stereocenters. The van der Waals surface area contributed by atoms with Gasteiger partial charge in [0.1, 0.15) is 5.01 Å². The summed E-state index contributed by atoms with van der Waals surface area (Å²) < 4.78 is 0. The quantitative estimate of drug-likeness (QED) is 0.872. The molecule has 1 atom stereocenters. The van der Waals surface area contributed by atoms with Crippen molar-refractivity contribution in [2.45, 2.75) is 12.6 Å². The van der Waals surface area contributed by atoms with E-state index >= 15 is 0 Å². The van der Waals surface area contributed by atoms with E-state index in [2.05, 4.69) is 22.2 Å². The van der Waals surface area contributed by atoms with Crippen molar-refractivity contribution in [1.29, 1.82) is 0 Å². The van der Waals surface area contributed by atoms with Gasteiger partial charge in [0.25, 0.3) is 0 Å². The number of nitrogens with zero attached hydrogens (tertiary/aromatic N) is 2. The first kappa shape index (κ1) is 11.4. The van der Waals surface area contributed by atoms with Crippen LogP contribution in [0, 0.1) is 0 Å². The number of rotatable bonds is 3.